The van der Waals surface area contributed by atoms with Crippen LogP contribution in [0, 0.1) is 0 Å². The highest BCUT2D eigenvalue weighted by Gasteiger charge is 2.10. The van der Waals surface area contributed by atoms with Gasteiger partial charge in [-0.1, -0.05) is 28.9 Å². The summed E-state index contributed by atoms with van der Waals surface area (Å²) in [5, 5.41) is 4.57. The summed E-state index contributed by atoms with van der Waals surface area (Å²) < 4.78 is 5.01. The van der Waals surface area contributed by atoms with E-state index in [2.05, 4.69) is 10.1 Å². The van der Waals surface area contributed by atoms with Crippen LogP contribution in [0.25, 0.3) is 0 Å². The smallest absolute Gasteiger partial charge is 0.243 e. The standard InChI is InChI=1S/C11H12ClN3O.ClH/c1-7(13)11-14-10(15-16-11)6-8-2-4-9(12)5-3-8;/h2-5,7H,6,13H2,1H3;1H/t7-;/m0./s1. The zero-order valence-corrected chi connectivity index (χ0v) is 10.8. The molecule has 0 spiro atoms. The Bertz CT molecular complexity index is 468. The van der Waals surface area contributed by atoms with Gasteiger partial charge in [0.15, 0.2) is 5.82 Å². The van der Waals surface area contributed by atoms with Crippen LogP contribution in [-0.4, -0.2) is 10.1 Å². The van der Waals surface area contributed by atoms with Crippen molar-refractivity contribution in [3.63, 3.8) is 0 Å². The zero-order chi connectivity index (χ0) is 11.5. The lowest BCUT2D eigenvalue weighted by molar-refractivity contribution is 0.358. The van der Waals surface area contributed by atoms with Gasteiger partial charge in [0, 0.05) is 11.4 Å². The number of halogens is 2. The minimum atomic E-state index is -0.230. The second kappa shape index (κ2) is 6.00. The molecule has 0 aliphatic rings. The van der Waals surface area contributed by atoms with Crippen molar-refractivity contribution in [3.8, 4) is 0 Å². The summed E-state index contributed by atoms with van der Waals surface area (Å²) in [6.45, 7) is 1.81. The second-order valence-electron chi connectivity index (χ2n) is 3.64. The molecule has 2 aromatic rings. The fourth-order valence-corrected chi connectivity index (χ4v) is 1.44. The lowest BCUT2D eigenvalue weighted by Crippen LogP contribution is -2.05. The lowest BCUT2D eigenvalue weighted by Gasteiger charge is -1.96. The van der Waals surface area contributed by atoms with E-state index in [9.17, 15) is 0 Å². The summed E-state index contributed by atoms with van der Waals surface area (Å²) in [6.07, 6.45) is 0.618. The lowest BCUT2D eigenvalue weighted by atomic mass is 10.1. The van der Waals surface area contributed by atoms with Gasteiger partial charge in [-0.2, -0.15) is 4.98 Å². The van der Waals surface area contributed by atoms with Gasteiger partial charge in [-0.05, 0) is 24.6 Å². The first-order chi connectivity index (χ1) is 7.65. The molecule has 2 rings (SSSR count). The number of rotatable bonds is 3. The van der Waals surface area contributed by atoms with E-state index in [4.69, 9.17) is 21.9 Å². The number of nitrogens with two attached hydrogens (primary N) is 1. The molecule has 0 bridgehead atoms. The van der Waals surface area contributed by atoms with Crippen molar-refractivity contribution in [1.82, 2.24) is 10.1 Å². The molecule has 2 N–H and O–H groups in total. The van der Waals surface area contributed by atoms with E-state index >= 15 is 0 Å². The van der Waals surface area contributed by atoms with Crippen molar-refractivity contribution in [2.75, 3.05) is 0 Å². The summed E-state index contributed by atoms with van der Waals surface area (Å²) in [7, 11) is 0. The zero-order valence-electron chi connectivity index (χ0n) is 9.26. The third kappa shape index (κ3) is 3.70. The monoisotopic (exact) mass is 273 g/mol. The Kier molecular flexibility index (Phi) is 4.93. The van der Waals surface area contributed by atoms with E-state index in [0.29, 0.717) is 23.2 Å². The van der Waals surface area contributed by atoms with Crippen LogP contribution in [0.4, 0.5) is 0 Å². The van der Waals surface area contributed by atoms with Gasteiger partial charge in [-0.15, -0.1) is 12.4 Å². The van der Waals surface area contributed by atoms with Crippen LogP contribution < -0.4 is 5.73 Å². The van der Waals surface area contributed by atoms with E-state index < -0.39 is 0 Å². The normalized spacial score (nSPS) is 11.9. The Balaban J connectivity index is 0.00000144. The molecule has 17 heavy (non-hydrogen) atoms. The molecule has 0 aliphatic carbocycles. The first-order valence-corrected chi connectivity index (χ1v) is 5.35. The van der Waals surface area contributed by atoms with Gasteiger partial charge in [0.2, 0.25) is 5.89 Å². The summed E-state index contributed by atoms with van der Waals surface area (Å²) in [6, 6.07) is 7.31. The molecule has 0 unspecified atom stereocenters. The molecule has 0 radical (unpaired) electrons. The molecule has 0 amide bonds. The van der Waals surface area contributed by atoms with Crippen molar-refractivity contribution in [1.29, 1.82) is 0 Å². The topological polar surface area (TPSA) is 64.9 Å². The maximum absolute atomic E-state index is 5.79. The Morgan fingerprint density at radius 2 is 2.00 bits per heavy atom. The average molecular weight is 274 g/mol. The quantitative estimate of drug-likeness (QED) is 0.934. The molecule has 6 heteroatoms. The molecular formula is C11H13Cl2N3O. The number of hydrogen-bond acceptors (Lipinski definition) is 4. The number of aromatic nitrogens is 2. The SMILES string of the molecule is C[C@H](N)c1nc(Cc2ccc(Cl)cc2)no1.Cl. The van der Waals surface area contributed by atoms with Gasteiger partial charge in [0.1, 0.15) is 0 Å². The molecule has 1 aromatic carbocycles. The fourth-order valence-electron chi connectivity index (χ4n) is 1.31. The van der Waals surface area contributed by atoms with Crippen LogP contribution in [-0.2, 0) is 6.42 Å². The van der Waals surface area contributed by atoms with Gasteiger partial charge in [0.05, 0.1) is 6.04 Å². The van der Waals surface area contributed by atoms with Crippen LogP contribution in [0.1, 0.15) is 30.2 Å². The van der Waals surface area contributed by atoms with Gasteiger partial charge >= 0.3 is 0 Å². The molecule has 1 atom stereocenters. The number of nitrogens with zero attached hydrogens (tertiary/aromatic N) is 2. The number of hydrogen-bond donors (Lipinski definition) is 1. The minimum absolute atomic E-state index is 0. The van der Waals surface area contributed by atoms with Crippen molar-refractivity contribution in [3.05, 3.63) is 46.6 Å². The number of benzene rings is 1. The van der Waals surface area contributed by atoms with E-state index in [1.807, 2.05) is 24.3 Å². The fraction of sp³-hybridized carbons (Fsp3) is 0.273. The van der Waals surface area contributed by atoms with Crippen molar-refractivity contribution in [2.24, 2.45) is 5.73 Å². The highest BCUT2D eigenvalue weighted by Crippen LogP contribution is 2.13. The molecule has 0 fully saturated rings. The van der Waals surface area contributed by atoms with Crippen LogP contribution in [0.15, 0.2) is 28.8 Å². The van der Waals surface area contributed by atoms with E-state index in [0.717, 1.165) is 5.56 Å². The first-order valence-electron chi connectivity index (χ1n) is 4.97. The Labute approximate surface area is 111 Å². The van der Waals surface area contributed by atoms with Gasteiger partial charge in [-0.3, -0.25) is 0 Å². The average Bonchev–Trinajstić information content (AvgIpc) is 2.70. The van der Waals surface area contributed by atoms with Gasteiger partial charge in [-0.25, -0.2) is 0 Å². The summed E-state index contributed by atoms with van der Waals surface area (Å²) >= 11 is 5.79. The van der Waals surface area contributed by atoms with E-state index in [1.54, 1.807) is 6.92 Å². The molecule has 1 heterocycles. The second-order valence-corrected chi connectivity index (χ2v) is 4.08. The maximum atomic E-state index is 5.79. The van der Waals surface area contributed by atoms with E-state index in [1.165, 1.54) is 0 Å². The predicted octanol–water partition coefficient (Wildman–Crippen LogP) is 2.76. The molecule has 1 aromatic heterocycles. The molecule has 0 saturated heterocycles. The van der Waals surface area contributed by atoms with Gasteiger partial charge < -0.3 is 10.3 Å². The molecule has 92 valence electrons. The van der Waals surface area contributed by atoms with Crippen LogP contribution in [0.5, 0.6) is 0 Å². The summed E-state index contributed by atoms with van der Waals surface area (Å²) in [5.74, 6) is 1.10. The predicted molar refractivity (Wildman–Crippen MR) is 68.4 cm³/mol. The summed E-state index contributed by atoms with van der Waals surface area (Å²) in [4.78, 5) is 4.19. The van der Waals surface area contributed by atoms with Crippen LogP contribution in [0.3, 0.4) is 0 Å². The van der Waals surface area contributed by atoms with E-state index in [-0.39, 0.29) is 18.4 Å². The van der Waals surface area contributed by atoms with Crippen molar-refractivity contribution >= 4 is 24.0 Å². The van der Waals surface area contributed by atoms with Crippen molar-refractivity contribution in [2.45, 2.75) is 19.4 Å². The van der Waals surface area contributed by atoms with Crippen molar-refractivity contribution < 1.29 is 4.52 Å². The summed E-state index contributed by atoms with van der Waals surface area (Å²) in [5.41, 5.74) is 6.71. The largest absolute Gasteiger partial charge is 0.338 e. The Hall–Kier alpha value is -1.10. The third-order valence-corrected chi connectivity index (χ3v) is 2.40. The maximum Gasteiger partial charge on any atom is 0.243 e. The highest BCUT2D eigenvalue weighted by molar-refractivity contribution is 6.30. The third-order valence-electron chi connectivity index (χ3n) is 2.15. The Morgan fingerprint density at radius 3 is 2.53 bits per heavy atom. The highest BCUT2D eigenvalue weighted by atomic mass is 35.5. The Morgan fingerprint density at radius 1 is 1.35 bits per heavy atom. The molecule has 4 nitrogen and oxygen atoms in total. The minimum Gasteiger partial charge on any atom is -0.338 e. The first kappa shape index (κ1) is 14.0. The molecule has 0 aliphatic heterocycles. The van der Waals surface area contributed by atoms with Crippen LogP contribution in [0.2, 0.25) is 5.02 Å². The van der Waals surface area contributed by atoms with Gasteiger partial charge in [0.25, 0.3) is 0 Å². The molecular weight excluding hydrogens is 261 g/mol. The van der Waals surface area contributed by atoms with Crippen LogP contribution >= 0.6 is 24.0 Å². The molecule has 0 saturated carbocycles.